The standard InChI is InChI=1S/C23H30N6O2/c1-15-8-9-17-14-19(23(30)24-20(17)16(15)2)21(28-10-12-31-13-11-28)22-25-26-27-29(22)18-6-4-3-5-7-18/h8-9,14,18,21H,3-7,10-13H2,1-2H3,(H,24,30)/p+1/t21-/m1/s1. The highest BCUT2D eigenvalue weighted by Gasteiger charge is 2.36. The third-order valence-electron chi connectivity index (χ3n) is 7.13. The Morgan fingerprint density at radius 3 is 2.71 bits per heavy atom. The lowest BCUT2D eigenvalue weighted by atomic mass is 9.95. The summed E-state index contributed by atoms with van der Waals surface area (Å²) in [7, 11) is 0. The number of aromatic nitrogens is 5. The molecule has 3 heterocycles. The van der Waals surface area contributed by atoms with Crippen LogP contribution in [-0.4, -0.2) is 51.5 Å². The highest BCUT2D eigenvalue weighted by molar-refractivity contribution is 5.83. The lowest BCUT2D eigenvalue weighted by Crippen LogP contribution is -3.14. The fraction of sp³-hybridized carbons (Fsp3) is 0.565. The van der Waals surface area contributed by atoms with Crippen molar-refractivity contribution in [3.05, 3.63) is 51.1 Å². The molecule has 1 aliphatic carbocycles. The lowest BCUT2D eigenvalue weighted by molar-refractivity contribution is -0.933. The summed E-state index contributed by atoms with van der Waals surface area (Å²) >= 11 is 0. The number of aryl methyl sites for hydroxylation is 2. The van der Waals surface area contributed by atoms with E-state index in [4.69, 9.17) is 4.74 Å². The summed E-state index contributed by atoms with van der Waals surface area (Å²) in [4.78, 5) is 17.8. The molecule has 2 aromatic heterocycles. The lowest BCUT2D eigenvalue weighted by Gasteiger charge is -2.32. The van der Waals surface area contributed by atoms with E-state index >= 15 is 0 Å². The Morgan fingerprint density at radius 1 is 1.16 bits per heavy atom. The van der Waals surface area contributed by atoms with Crippen LogP contribution in [0, 0.1) is 13.8 Å². The van der Waals surface area contributed by atoms with Gasteiger partial charge in [-0.2, -0.15) is 0 Å². The predicted octanol–water partition coefficient (Wildman–Crippen LogP) is 1.64. The number of fused-ring (bicyclic) bond motifs is 1. The molecular formula is C23H31N6O2+. The zero-order valence-electron chi connectivity index (χ0n) is 18.4. The van der Waals surface area contributed by atoms with Crippen LogP contribution >= 0.6 is 0 Å². The molecule has 1 aliphatic heterocycles. The van der Waals surface area contributed by atoms with Gasteiger partial charge in [-0.25, -0.2) is 4.68 Å². The van der Waals surface area contributed by atoms with Crippen LogP contribution in [0.5, 0.6) is 0 Å². The molecule has 2 fully saturated rings. The third-order valence-corrected chi connectivity index (χ3v) is 7.13. The number of benzene rings is 1. The van der Waals surface area contributed by atoms with Gasteiger partial charge in [0.2, 0.25) is 5.82 Å². The number of tetrazole rings is 1. The number of hydrogen-bond donors (Lipinski definition) is 2. The molecule has 1 aromatic carbocycles. The van der Waals surface area contributed by atoms with Crippen molar-refractivity contribution in [2.24, 2.45) is 0 Å². The first-order chi connectivity index (χ1) is 15.1. The highest BCUT2D eigenvalue weighted by atomic mass is 16.5. The van der Waals surface area contributed by atoms with E-state index in [2.05, 4.69) is 46.5 Å². The minimum Gasteiger partial charge on any atom is -0.370 e. The maximum absolute atomic E-state index is 13.4. The van der Waals surface area contributed by atoms with Crippen LogP contribution in [0.2, 0.25) is 0 Å². The van der Waals surface area contributed by atoms with E-state index in [9.17, 15) is 4.79 Å². The Labute approximate surface area is 181 Å². The van der Waals surface area contributed by atoms with E-state index in [1.54, 1.807) is 0 Å². The SMILES string of the molecule is Cc1ccc2cc([C@H](c3nnnn3C3CCCCC3)[NH+]3CCOCC3)c(=O)[nH]c2c1C. The summed E-state index contributed by atoms with van der Waals surface area (Å²) in [6.45, 7) is 7.14. The number of H-pyrrole nitrogens is 1. The minimum absolute atomic E-state index is 0.0524. The molecule has 0 bridgehead atoms. The van der Waals surface area contributed by atoms with Gasteiger partial charge in [0.05, 0.1) is 30.3 Å². The number of morpholine rings is 1. The van der Waals surface area contributed by atoms with Crippen LogP contribution in [0.1, 0.15) is 66.7 Å². The minimum atomic E-state index is -0.212. The van der Waals surface area contributed by atoms with Crippen LogP contribution in [0.3, 0.4) is 0 Å². The van der Waals surface area contributed by atoms with Crippen LogP contribution < -0.4 is 10.5 Å². The predicted molar refractivity (Wildman–Crippen MR) is 117 cm³/mol. The molecule has 8 nitrogen and oxygen atoms in total. The molecule has 0 amide bonds. The van der Waals surface area contributed by atoms with E-state index in [-0.39, 0.29) is 11.6 Å². The average Bonchev–Trinajstić information content (AvgIpc) is 3.28. The second-order valence-electron chi connectivity index (χ2n) is 9.00. The van der Waals surface area contributed by atoms with Crippen molar-refractivity contribution >= 4 is 10.9 Å². The number of aromatic amines is 1. The van der Waals surface area contributed by atoms with Crippen molar-refractivity contribution in [2.75, 3.05) is 26.3 Å². The smallest absolute Gasteiger partial charge is 0.258 e. The van der Waals surface area contributed by atoms with E-state index in [0.717, 1.165) is 53.8 Å². The van der Waals surface area contributed by atoms with Crippen molar-refractivity contribution in [1.82, 2.24) is 25.2 Å². The van der Waals surface area contributed by atoms with Crippen LogP contribution in [0.15, 0.2) is 23.0 Å². The number of hydrogen-bond acceptors (Lipinski definition) is 5. The van der Waals surface area contributed by atoms with Gasteiger partial charge in [0.15, 0.2) is 6.04 Å². The number of ether oxygens (including phenoxy) is 1. The summed E-state index contributed by atoms with van der Waals surface area (Å²) in [5.74, 6) is 0.803. The summed E-state index contributed by atoms with van der Waals surface area (Å²) in [6.07, 6.45) is 5.86. The Hall–Kier alpha value is -2.58. The quantitative estimate of drug-likeness (QED) is 0.666. The topological polar surface area (TPSA) is 90.1 Å². The molecule has 0 radical (unpaired) electrons. The van der Waals surface area contributed by atoms with Gasteiger partial charge in [-0.1, -0.05) is 31.4 Å². The molecule has 5 rings (SSSR count). The molecular weight excluding hydrogens is 392 g/mol. The first-order valence-electron chi connectivity index (χ1n) is 11.5. The Kier molecular flexibility index (Phi) is 5.58. The molecule has 3 aromatic rings. The van der Waals surface area contributed by atoms with Gasteiger partial charge < -0.3 is 14.6 Å². The summed E-state index contributed by atoms with van der Waals surface area (Å²) < 4.78 is 7.62. The van der Waals surface area contributed by atoms with E-state index in [1.165, 1.54) is 29.7 Å². The number of pyridine rings is 1. The summed E-state index contributed by atoms with van der Waals surface area (Å²) in [6, 6.07) is 6.35. The fourth-order valence-corrected chi connectivity index (χ4v) is 5.20. The van der Waals surface area contributed by atoms with Crippen LogP contribution in [0.4, 0.5) is 0 Å². The first-order valence-corrected chi connectivity index (χ1v) is 11.5. The second-order valence-corrected chi connectivity index (χ2v) is 9.00. The summed E-state index contributed by atoms with van der Waals surface area (Å²) in [5, 5.41) is 14.0. The molecule has 164 valence electrons. The second kappa shape index (κ2) is 8.51. The van der Waals surface area contributed by atoms with Crippen molar-refractivity contribution in [3.63, 3.8) is 0 Å². The fourth-order valence-electron chi connectivity index (χ4n) is 5.20. The van der Waals surface area contributed by atoms with Gasteiger partial charge >= 0.3 is 0 Å². The zero-order chi connectivity index (χ0) is 21.4. The van der Waals surface area contributed by atoms with E-state index in [1.807, 2.05) is 10.7 Å². The van der Waals surface area contributed by atoms with Gasteiger partial charge in [0, 0.05) is 0 Å². The number of quaternary nitrogens is 1. The van der Waals surface area contributed by atoms with Crippen molar-refractivity contribution in [1.29, 1.82) is 0 Å². The van der Waals surface area contributed by atoms with Gasteiger partial charge in [-0.05, 0) is 59.7 Å². The highest BCUT2D eigenvalue weighted by Crippen LogP contribution is 2.30. The van der Waals surface area contributed by atoms with Gasteiger partial charge in [-0.3, -0.25) is 4.79 Å². The maximum atomic E-state index is 13.4. The molecule has 8 heteroatoms. The van der Waals surface area contributed by atoms with Crippen LogP contribution in [-0.2, 0) is 4.74 Å². The molecule has 2 N–H and O–H groups in total. The number of nitrogens with one attached hydrogen (secondary N) is 2. The van der Waals surface area contributed by atoms with E-state index in [0.29, 0.717) is 19.3 Å². The Bertz CT molecular complexity index is 1120. The monoisotopic (exact) mass is 423 g/mol. The molecule has 0 unspecified atom stereocenters. The van der Waals surface area contributed by atoms with Gasteiger partial charge in [-0.15, -0.1) is 5.10 Å². The molecule has 1 saturated heterocycles. The largest absolute Gasteiger partial charge is 0.370 e. The number of nitrogens with zero attached hydrogens (tertiary/aromatic N) is 4. The molecule has 2 aliphatic rings. The normalized spacial score (nSPS) is 19.7. The third kappa shape index (κ3) is 3.78. The van der Waals surface area contributed by atoms with Gasteiger partial charge in [0.25, 0.3) is 5.56 Å². The molecule has 1 saturated carbocycles. The average molecular weight is 424 g/mol. The zero-order valence-corrected chi connectivity index (χ0v) is 18.4. The van der Waals surface area contributed by atoms with Crippen LogP contribution in [0.25, 0.3) is 10.9 Å². The molecule has 0 spiro atoms. The van der Waals surface area contributed by atoms with Crippen molar-refractivity contribution in [3.8, 4) is 0 Å². The maximum Gasteiger partial charge on any atom is 0.258 e. The van der Waals surface area contributed by atoms with Crippen molar-refractivity contribution < 1.29 is 9.64 Å². The Morgan fingerprint density at radius 2 is 1.94 bits per heavy atom. The molecule has 1 atom stereocenters. The number of rotatable bonds is 4. The summed E-state index contributed by atoms with van der Waals surface area (Å²) in [5.41, 5.74) is 3.88. The Balaban J connectivity index is 1.65. The van der Waals surface area contributed by atoms with E-state index < -0.39 is 0 Å². The van der Waals surface area contributed by atoms with Gasteiger partial charge in [0.1, 0.15) is 13.1 Å². The first kappa shape index (κ1) is 20.3. The van der Waals surface area contributed by atoms with Crippen molar-refractivity contribution in [2.45, 2.75) is 58.0 Å². The molecule has 31 heavy (non-hydrogen) atoms.